The highest BCUT2D eigenvalue weighted by molar-refractivity contribution is 7.89. The molecule has 2 aliphatic carbocycles. The summed E-state index contributed by atoms with van der Waals surface area (Å²) in [4.78, 5) is 24.3. The number of aryl methyl sites for hydroxylation is 2. The Hall–Kier alpha value is -6.34. The number of rotatable bonds is 31. The highest BCUT2D eigenvalue weighted by atomic mass is 32.2. The quantitative estimate of drug-likeness (QED) is 0.0367. The van der Waals surface area contributed by atoms with E-state index in [0.29, 0.717) is 48.6 Å². The lowest BCUT2D eigenvalue weighted by Crippen LogP contribution is -2.39. The maximum Gasteiger partial charge on any atom is 0.314 e. The fourth-order valence-electron chi connectivity index (χ4n) is 8.41. The summed E-state index contributed by atoms with van der Waals surface area (Å²) >= 11 is 0. The molecule has 0 bridgehead atoms. The molecule has 0 saturated carbocycles. The van der Waals surface area contributed by atoms with Crippen molar-refractivity contribution in [3.63, 3.8) is 0 Å². The second kappa shape index (κ2) is 28.9. The number of unbranched alkanes of at least 4 members (excludes halogenated alkanes) is 1. The summed E-state index contributed by atoms with van der Waals surface area (Å²) in [7, 11) is -7.52. The van der Waals surface area contributed by atoms with Gasteiger partial charge < -0.3 is 49.7 Å². The van der Waals surface area contributed by atoms with Crippen molar-refractivity contribution < 1.29 is 54.8 Å². The lowest BCUT2D eigenvalue weighted by atomic mass is 10.0. The average molecular weight is 1060 g/mol. The smallest absolute Gasteiger partial charge is 0.314 e. The average Bonchev–Trinajstić information content (AvgIpc) is 3.98. The van der Waals surface area contributed by atoms with Crippen LogP contribution < -0.4 is 40.2 Å². The predicted molar refractivity (Wildman–Crippen MR) is 274 cm³/mol. The van der Waals surface area contributed by atoms with Crippen LogP contribution in [0, 0.1) is 36.5 Å². The van der Waals surface area contributed by atoms with Gasteiger partial charge in [-0.15, -0.1) is 0 Å². The molecule has 4 aromatic carbocycles. The molecule has 0 aromatic heterocycles. The van der Waals surface area contributed by atoms with Crippen molar-refractivity contribution in [1.82, 2.24) is 30.7 Å². The van der Waals surface area contributed by atoms with Gasteiger partial charge in [0.15, 0.2) is 0 Å². The molecule has 2 atom stereocenters. The first-order valence-electron chi connectivity index (χ1n) is 24.7. The molecule has 4 amide bonds. The van der Waals surface area contributed by atoms with Gasteiger partial charge in [0.2, 0.25) is 20.0 Å². The van der Waals surface area contributed by atoms with Crippen molar-refractivity contribution in [3.8, 4) is 23.6 Å². The molecular weight excluding hydrogens is 993 g/mol. The number of hydrogen-bond donors (Lipinski definition) is 6. The number of sulfonamides is 2. The van der Waals surface area contributed by atoms with E-state index >= 15 is 0 Å². The third-order valence-electron chi connectivity index (χ3n) is 12.0. The molecule has 0 unspecified atom stereocenters. The Kier molecular flexibility index (Phi) is 22.3. The Morgan fingerprint density at radius 2 is 0.865 bits per heavy atom. The zero-order valence-electron chi connectivity index (χ0n) is 41.8. The number of carbonyl (C=O) groups is 2. The van der Waals surface area contributed by atoms with E-state index in [-0.39, 0.29) is 113 Å². The first-order chi connectivity index (χ1) is 35.8. The largest absolute Gasteiger partial charge is 0.486 e. The van der Waals surface area contributed by atoms with Gasteiger partial charge in [-0.1, -0.05) is 12.1 Å². The predicted octanol–water partition coefficient (Wildman–Crippen LogP) is 4.88. The van der Waals surface area contributed by atoms with Gasteiger partial charge in [-0.3, -0.25) is 0 Å². The highest BCUT2D eigenvalue weighted by Gasteiger charge is 2.29. The van der Waals surface area contributed by atoms with Crippen LogP contribution in [0.2, 0.25) is 0 Å². The molecule has 0 fully saturated rings. The van der Waals surface area contributed by atoms with Crippen LogP contribution in [-0.2, 0) is 51.8 Å². The zero-order valence-corrected chi connectivity index (χ0v) is 43.5. The summed E-state index contributed by atoms with van der Waals surface area (Å²) in [6, 6.07) is 24.2. The van der Waals surface area contributed by atoms with Crippen LogP contribution in [0.15, 0.2) is 82.6 Å². The van der Waals surface area contributed by atoms with Gasteiger partial charge in [0, 0.05) is 39.3 Å². The van der Waals surface area contributed by atoms with Crippen LogP contribution in [0.1, 0.15) is 82.4 Å². The van der Waals surface area contributed by atoms with E-state index < -0.39 is 20.0 Å². The molecule has 0 radical (unpaired) electrons. The number of amides is 4. The van der Waals surface area contributed by atoms with Crippen molar-refractivity contribution in [2.45, 2.75) is 74.4 Å². The Morgan fingerprint density at radius 3 is 1.23 bits per heavy atom. The number of hydrogen-bond acceptors (Lipinski definition) is 14. The molecule has 22 heteroatoms. The van der Waals surface area contributed by atoms with Crippen LogP contribution in [0.4, 0.5) is 9.59 Å². The Balaban J connectivity index is 0.678. The van der Waals surface area contributed by atoms with Crippen LogP contribution in [0.3, 0.4) is 0 Å². The molecule has 4 aromatic rings. The van der Waals surface area contributed by atoms with Gasteiger partial charge in [-0.05, 0) is 146 Å². The number of nitrogens with one attached hydrogen (secondary N) is 6. The van der Waals surface area contributed by atoms with Crippen LogP contribution >= 0.6 is 0 Å². The van der Waals surface area contributed by atoms with Gasteiger partial charge in [-0.2, -0.15) is 10.5 Å². The van der Waals surface area contributed by atoms with E-state index in [0.717, 1.165) is 59.1 Å². The number of ether oxygens (including phenoxy) is 6. The summed E-state index contributed by atoms with van der Waals surface area (Å²) in [5.41, 5.74) is 7.35. The highest BCUT2D eigenvalue weighted by Crippen LogP contribution is 2.39. The minimum atomic E-state index is -3.76. The van der Waals surface area contributed by atoms with Gasteiger partial charge >= 0.3 is 12.1 Å². The van der Waals surface area contributed by atoms with Gasteiger partial charge in [0.25, 0.3) is 0 Å². The topological polar surface area (TPSA) is 278 Å². The number of benzene rings is 4. The number of urea groups is 2. The maximum atomic E-state index is 12.8. The second-order valence-corrected chi connectivity index (χ2v) is 21.1. The monoisotopic (exact) mass is 1060 g/mol. The molecule has 0 saturated heterocycles. The third kappa shape index (κ3) is 17.7. The van der Waals surface area contributed by atoms with Gasteiger partial charge in [0.1, 0.15) is 23.7 Å². The number of nitrogens with zero attached hydrogens (tertiary/aromatic N) is 2. The Bertz CT molecular complexity index is 2610. The number of carbonyl (C=O) groups excluding carboxylic acids is 2. The first kappa shape index (κ1) is 56.9. The van der Waals surface area contributed by atoms with Crippen LogP contribution in [0.25, 0.3) is 0 Å². The van der Waals surface area contributed by atoms with Crippen molar-refractivity contribution >= 4 is 32.1 Å². The van der Waals surface area contributed by atoms with E-state index in [1.54, 1.807) is 24.3 Å². The lowest BCUT2D eigenvalue weighted by molar-refractivity contribution is 0.0516. The zero-order chi connectivity index (χ0) is 52.8. The van der Waals surface area contributed by atoms with Crippen molar-refractivity contribution in [2.24, 2.45) is 0 Å². The first-order valence-corrected chi connectivity index (χ1v) is 27.7. The SMILES string of the molecule is Cc1cc(C#N)c2c(c1)[C@H](Oc1ccc(S(=O)(=O)NCCOCCOCCNC(=O)NCCCCNC(=O)NCCOCCOCCNS(=O)(=O)c3ccc(O[C@@H]4CCc5c(C#N)cc(C)cc54)cc3)cc1)CC2. The normalized spacial score (nSPS) is 14.8. The molecule has 0 aliphatic heterocycles. The third-order valence-corrected chi connectivity index (χ3v) is 14.9. The standard InChI is InChI=1S/C52H66N8O12S2/c1-37-31-39(35-53)45-13-15-49(47(45)33-37)71-41-5-9-43(10-6-41)73(63,64)59-21-25-69-29-27-67-23-19-57-51(61)55-17-3-4-18-56-52(62)58-20-24-68-28-30-70-26-22-60-74(65,66)44-11-7-42(8-12-44)72-50-16-14-46-40(36-54)32-38(2)34-48(46)50/h5-12,31-34,49-50,59-60H,3-4,13-30H2,1-2H3,(H2,55,57,61)(H2,56,58,62)/t49-,50-/m1/s1. The van der Waals surface area contributed by atoms with E-state index in [4.69, 9.17) is 28.4 Å². The Morgan fingerprint density at radius 1 is 0.514 bits per heavy atom. The van der Waals surface area contributed by atoms with Crippen LogP contribution in [0.5, 0.6) is 11.5 Å². The molecule has 20 nitrogen and oxygen atoms in total. The van der Waals surface area contributed by atoms with Crippen molar-refractivity contribution in [2.75, 3.05) is 92.1 Å². The second-order valence-electron chi connectivity index (χ2n) is 17.5. The van der Waals surface area contributed by atoms with Crippen molar-refractivity contribution in [3.05, 3.63) is 117 Å². The van der Waals surface area contributed by atoms with E-state index in [9.17, 15) is 36.9 Å². The van der Waals surface area contributed by atoms with Crippen LogP contribution in [-0.4, -0.2) is 121 Å². The molecule has 0 spiro atoms. The van der Waals surface area contributed by atoms with Gasteiger partial charge in [0.05, 0.1) is 85.9 Å². The summed E-state index contributed by atoms with van der Waals surface area (Å²) in [5, 5.41) is 29.9. The van der Waals surface area contributed by atoms with Crippen molar-refractivity contribution in [1.29, 1.82) is 10.5 Å². The van der Waals surface area contributed by atoms with E-state index in [1.807, 2.05) is 38.1 Å². The fourth-order valence-corrected chi connectivity index (χ4v) is 10.4. The lowest BCUT2D eigenvalue weighted by Gasteiger charge is -2.16. The summed E-state index contributed by atoms with van der Waals surface area (Å²) in [6.07, 6.45) is 3.89. The summed E-state index contributed by atoms with van der Waals surface area (Å²) in [6.45, 7) is 7.28. The summed E-state index contributed by atoms with van der Waals surface area (Å²) in [5.74, 6) is 1.09. The molecular formula is C52H66N8O12S2. The minimum Gasteiger partial charge on any atom is -0.486 e. The maximum absolute atomic E-state index is 12.8. The molecule has 74 heavy (non-hydrogen) atoms. The minimum absolute atomic E-state index is 0.0710. The molecule has 0 heterocycles. The molecule has 6 N–H and O–H groups in total. The fraction of sp³-hybridized carbons (Fsp3) is 0.462. The Labute approximate surface area is 433 Å². The van der Waals surface area contributed by atoms with E-state index in [2.05, 4.69) is 42.8 Å². The molecule has 6 rings (SSSR count). The molecule has 2 aliphatic rings. The number of nitriles is 2. The van der Waals surface area contributed by atoms with Gasteiger partial charge in [-0.25, -0.2) is 35.9 Å². The number of fused-ring (bicyclic) bond motifs is 2. The molecule has 398 valence electrons. The summed E-state index contributed by atoms with van der Waals surface area (Å²) < 4.78 is 90.4. The van der Waals surface area contributed by atoms with E-state index in [1.165, 1.54) is 24.3 Å².